The van der Waals surface area contributed by atoms with Gasteiger partial charge in [-0.05, 0) is 18.4 Å². The predicted octanol–water partition coefficient (Wildman–Crippen LogP) is -1.89. The minimum atomic E-state index is 0.661. The van der Waals surface area contributed by atoms with Crippen LogP contribution in [0.3, 0.4) is 0 Å². The lowest BCUT2D eigenvalue weighted by molar-refractivity contribution is 0.177. The molecular weight excluding hydrogens is 490 g/mol. The summed E-state index contributed by atoms with van der Waals surface area (Å²) < 4.78 is 0. The Morgan fingerprint density at radius 2 is 0.795 bits per heavy atom. The molecule has 0 saturated heterocycles. The van der Waals surface area contributed by atoms with Gasteiger partial charge in [0.25, 0.3) is 0 Å². The molecule has 0 spiro atoms. The van der Waals surface area contributed by atoms with Crippen LogP contribution in [0.4, 0.5) is 0 Å². The van der Waals surface area contributed by atoms with Crippen molar-refractivity contribution in [3.8, 4) is 0 Å². The third-order valence-electron chi connectivity index (χ3n) is 6.72. The van der Waals surface area contributed by atoms with E-state index < -0.39 is 0 Å². The van der Waals surface area contributed by atoms with Crippen molar-refractivity contribution < 1.29 is 0 Å². The highest BCUT2D eigenvalue weighted by atomic mass is 15.2. The average molecular weight is 560 g/mol. The molecule has 0 aliphatic rings. The van der Waals surface area contributed by atoms with Crippen LogP contribution in [0, 0.1) is 11.8 Å². The van der Waals surface area contributed by atoms with Crippen molar-refractivity contribution in [1.82, 2.24) is 35.6 Å². The molecule has 0 aromatic carbocycles. The highest BCUT2D eigenvalue weighted by molar-refractivity contribution is 4.71. The molecule has 0 rings (SSSR count). The second-order valence-electron chi connectivity index (χ2n) is 11.5. The standard InChI is InChI=1S/C28H69N11/c1-27(2)25-35-13-19-38(23-21-36(14-6-30)15-7-31)24-22-37(17-10-33-9-5-29)18-11-34-12-20-39(16-8-32)26-28(3)4/h27-28,33-35H,5-26,29-32H2,1-4H3. The Hall–Kier alpha value is -0.440. The molecule has 0 heterocycles. The maximum Gasteiger partial charge on any atom is 0.0110 e. The molecule has 0 amide bonds. The van der Waals surface area contributed by atoms with Gasteiger partial charge in [0.05, 0.1) is 0 Å². The molecule has 0 aliphatic carbocycles. The van der Waals surface area contributed by atoms with Gasteiger partial charge in [-0.1, -0.05) is 27.7 Å². The predicted molar refractivity (Wildman–Crippen MR) is 170 cm³/mol. The van der Waals surface area contributed by atoms with Crippen LogP contribution in [0.5, 0.6) is 0 Å². The fourth-order valence-electron chi connectivity index (χ4n) is 4.62. The molecule has 11 heteroatoms. The lowest BCUT2D eigenvalue weighted by Crippen LogP contribution is -2.46. The lowest BCUT2D eigenvalue weighted by Gasteiger charge is -2.30. The van der Waals surface area contributed by atoms with Gasteiger partial charge in [0.15, 0.2) is 0 Å². The van der Waals surface area contributed by atoms with Gasteiger partial charge >= 0.3 is 0 Å². The molecule has 0 atom stereocenters. The molecule has 0 aromatic rings. The van der Waals surface area contributed by atoms with Gasteiger partial charge in [0, 0.05) is 137 Å². The first-order chi connectivity index (χ1) is 18.9. The van der Waals surface area contributed by atoms with Gasteiger partial charge < -0.3 is 43.8 Å². The normalized spacial score (nSPS) is 12.5. The van der Waals surface area contributed by atoms with E-state index in [1.165, 1.54) is 0 Å². The zero-order chi connectivity index (χ0) is 29.1. The Balaban J connectivity index is 4.84. The van der Waals surface area contributed by atoms with Crippen molar-refractivity contribution in [2.75, 3.05) is 144 Å². The highest BCUT2D eigenvalue weighted by Gasteiger charge is 2.12. The molecule has 0 unspecified atom stereocenters. The number of hydrogen-bond acceptors (Lipinski definition) is 11. The smallest absolute Gasteiger partial charge is 0.0110 e. The SMILES string of the molecule is CC(C)CNCCN(CCN(CCN)CCN)CCN(CCNCCN)CCNCCN(CCN)CC(C)C. The Bertz CT molecular complexity index is 490. The van der Waals surface area contributed by atoms with Crippen LogP contribution in [0.15, 0.2) is 0 Å². The molecule has 39 heavy (non-hydrogen) atoms. The van der Waals surface area contributed by atoms with Crippen LogP contribution in [-0.2, 0) is 0 Å². The van der Waals surface area contributed by atoms with Crippen LogP contribution in [-0.4, -0.2) is 164 Å². The van der Waals surface area contributed by atoms with E-state index in [1.807, 2.05) is 0 Å². The van der Waals surface area contributed by atoms with Crippen molar-refractivity contribution in [3.63, 3.8) is 0 Å². The second kappa shape index (κ2) is 27.7. The van der Waals surface area contributed by atoms with Gasteiger partial charge in [0.1, 0.15) is 0 Å². The maximum atomic E-state index is 5.84. The summed E-state index contributed by atoms with van der Waals surface area (Å²) in [5.74, 6) is 1.33. The van der Waals surface area contributed by atoms with Crippen LogP contribution < -0.4 is 38.9 Å². The summed E-state index contributed by atoms with van der Waals surface area (Å²) in [6.07, 6.45) is 0. The van der Waals surface area contributed by atoms with Gasteiger partial charge in [-0.15, -0.1) is 0 Å². The van der Waals surface area contributed by atoms with Crippen LogP contribution in [0.2, 0.25) is 0 Å². The van der Waals surface area contributed by atoms with Crippen molar-refractivity contribution in [3.05, 3.63) is 0 Å². The molecule has 0 aromatic heterocycles. The highest BCUT2D eigenvalue weighted by Crippen LogP contribution is 1.98. The Kier molecular flexibility index (Phi) is 27.4. The molecule has 236 valence electrons. The molecule has 0 radical (unpaired) electrons. The van der Waals surface area contributed by atoms with E-state index in [9.17, 15) is 0 Å². The van der Waals surface area contributed by atoms with Crippen molar-refractivity contribution in [2.24, 2.45) is 34.8 Å². The molecule has 0 bridgehead atoms. The first kappa shape index (κ1) is 38.6. The Labute approximate surface area is 242 Å². The molecule has 0 saturated carbocycles. The molecule has 0 aliphatic heterocycles. The minimum absolute atomic E-state index is 0.661. The number of nitrogens with one attached hydrogen (secondary N) is 3. The lowest BCUT2D eigenvalue weighted by atomic mass is 10.2. The summed E-state index contributed by atoms with van der Waals surface area (Å²) in [5.41, 5.74) is 23.2. The maximum absolute atomic E-state index is 5.84. The van der Waals surface area contributed by atoms with Crippen LogP contribution in [0.1, 0.15) is 27.7 Å². The third-order valence-corrected chi connectivity index (χ3v) is 6.72. The summed E-state index contributed by atoms with van der Waals surface area (Å²) in [5, 5.41) is 10.7. The van der Waals surface area contributed by atoms with Crippen molar-refractivity contribution >= 4 is 0 Å². The van der Waals surface area contributed by atoms with E-state index in [0.29, 0.717) is 31.5 Å². The molecule has 11 N–H and O–H groups in total. The molecule has 0 fully saturated rings. The molecular formula is C28H69N11. The van der Waals surface area contributed by atoms with E-state index in [1.54, 1.807) is 0 Å². The van der Waals surface area contributed by atoms with E-state index in [4.69, 9.17) is 22.9 Å². The Morgan fingerprint density at radius 3 is 1.23 bits per heavy atom. The van der Waals surface area contributed by atoms with Crippen LogP contribution in [0.25, 0.3) is 0 Å². The van der Waals surface area contributed by atoms with E-state index in [-0.39, 0.29) is 0 Å². The van der Waals surface area contributed by atoms with Gasteiger partial charge in [0.2, 0.25) is 0 Å². The first-order valence-corrected chi connectivity index (χ1v) is 15.7. The Morgan fingerprint density at radius 1 is 0.410 bits per heavy atom. The van der Waals surface area contributed by atoms with E-state index in [0.717, 1.165) is 124 Å². The van der Waals surface area contributed by atoms with Gasteiger partial charge in [-0.25, -0.2) is 0 Å². The third kappa shape index (κ3) is 25.0. The first-order valence-electron chi connectivity index (χ1n) is 15.7. The topological polar surface area (TPSA) is 153 Å². The second-order valence-corrected chi connectivity index (χ2v) is 11.5. The minimum Gasteiger partial charge on any atom is -0.329 e. The fourth-order valence-corrected chi connectivity index (χ4v) is 4.62. The zero-order valence-electron chi connectivity index (χ0n) is 26.3. The summed E-state index contributed by atoms with van der Waals surface area (Å²) in [6.45, 7) is 29.9. The monoisotopic (exact) mass is 560 g/mol. The fraction of sp³-hybridized carbons (Fsp3) is 1.00. The summed E-state index contributed by atoms with van der Waals surface area (Å²) >= 11 is 0. The number of nitrogens with zero attached hydrogens (tertiary/aromatic N) is 4. The molecule has 11 nitrogen and oxygen atoms in total. The van der Waals surface area contributed by atoms with Crippen LogP contribution >= 0.6 is 0 Å². The van der Waals surface area contributed by atoms with E-state index in [2.05, 4.69) is 63.2 Å². The summed E-state index contributed by atoms with van der Waals surface area (Å²) in [7, 11) is 0. The van der Waals surface area contributed by atoms with Crippen molar-refractivity contribution in [2.45, 2.75) is 27.7 Å². The average Bonchev–Trinajstić information content (AvgIpc) is 2.89. The number of nitrogens with two attached hydrogens (primary N) is 4. The quantitative estimate of drug-likeness (QED) is 0.0495. The van der Waals surface area contributed by atoms with Gasteiger partial charge in [-0.2, -0.15) is 0 Å². The largest absolute Gasteiger partial charge is 0.329 e. The summed E-state index contributed by atoms with van der Waals surface area (Å²) in [6, 6.07) is 0. The summed E-state index contributed by atoms with van der Waals surface area (Å²) in [4.78, 5) is 10.0. The number of rotatable bonds is 30. The van der Waals surface area contributed by atoms with E-state index >= 15 is 0 Å². The van der Waals surface area contributed by atoms with Crippen molar-refractivity contribution in [1.29, 1.82) is 0 Å². The van der Waals surface area contributed by atoms with Gasteiger partial charge in [-0.3, -0.25) is 14.7 Å². The number of hydrogen-bond donors (Lipinski definition) is 7. The zero-order valence-corrected chi connectivity index (χ0v) is 26.3.